The standard InChI is InChI=1S/C16H25F2NS/c1-2-3-11-4-6-12(7-5-11)13-8-14(17)16(19-10-20)15(18)9-13/h11-16H,2-9H2,1H3. The van der Waals surface area contributed by atoms with E-state index in [4.69, 9.17) is 0 Å². The first-order valence-electron chi connectivity index (χ1n) is 8.00. The Morgan fingerprint density at radius 2 is 1.65 bits per heavy atom. The van der Waals surface area contributed by atoms with E-state index in [2.05, 4.69) is 29.3 Å². The van der Waals surface area contributed by atoms with Crippen LogP contribution in [0.4, 0.5) is 8.78 Å². The van der Waals surface area contributed by atoms with Crippen LogP contribution >= 0.6 is 12.2 Å². The first kappa shape index (κ1) is 16.0. The van der Waals surface area contributed by atoms with Crippen molar-refractivity contribution in [2.75, 3.05) is 0 Å². The number of hydrogen-bond donors (Lipinski definition) is 0. The first-order chi connectivity index (χ1) is 9.65. The smallest absolute Gasteiger partial charge is 0.126 e. The van der Waals surface area contributed by atoms with Gasteiger partial charge >= 0.3 is 0 Å². The maximum absolute atomic E-state index is 14.1. The molecule has 0 heterocycles. The van der Waals surface area contributed by atoms with E-state index in [0.717, 1.165) is 18.8 Å². The molecular weight excluding hydrogens is 276 g/mol. The molecule has 2 rings (SSSR count). The van der Waals surface area contributed by atoms with Gasteiger partial charge in [-0.05, 0) is 55.7 Å². The van der Waals surface area contributed by atoms with Crippen LogP contribution in [0, 0.1) is 17.8 Å². The number of isothiocyanates is 1. The van der Waals surface area contributed by atoms with E-state index in [1.54, 1.807) is 0 Å². The van der Waals surface area contributed by atoms with Gasteiger partial charge in [0.2, 0.25) is 0 Å². The van der Waals surface area contributed by atoms with E-state index in [1.165, 1.54) is 25.7 Å². The topological polar surface area (TPSA) is 12.4 Å². The summed E-state index contributed by atoms with van der Waals surface area (Å²) in [6.07, 6.45) is 5.86. The molecule has 4 heteroatoms. The molecule has 0 radical (unpaired) electrons. The van der Waals surface area contributed by atoms with Crippen molar-refractivity contribution in [1.29, 1.82) is 0 Å². The van der Waals surface area contributed by atoms with Crippen LogP contribution in [-0.2, 0) is 0 Å². The molecule has 2 aliphatic rings. The summed E-state index contributed by atoms with van der Waals surface area (Å²) >= 11 is 4.48. The molecule has 2 fully saturated rings. The highest BCUT2D eigenvalue weighted by Crippen LogP contribution is 2.42. The molecule has 0 bridgehead atoms. The molecule has 2 atom stereocenters. The molecule has 2 unspecified atom stereocenters. The fourth-order valence-electron chi connectivity index (χ4n) is 4.14. The first-order valence-corrected chi connectivity index (χ1v) is 8.41. The molecule has 0 N–H and O–H groups in total. The molecule has 0 aromatic carbocycles. The maximum atomic E-state index is 14.1. The van der Waals surface area contributed by atoms with E-state index >= 15 is 0 Å². The molecule has 2 saturated carbocycles. The normalized spacial score (nSPS) is 42.0. The maximum Gasteiger partial charge on any atom is 0.126 e. The molecule has 20 heavy (non-hydrogen) atoms. The van der Waals surface area contributed by atoms with Crippen molar-refractivity contribution in [3.8, 4) is 0 Å². The second-order valence-electron chi connectivity index (χ2n) is 6.54. The van der Waals surface area contributed by atoms with Crippen molar-refractivity contribution >= 4 is 17.4 Å². The molecule has 0 spiro atoms. The van der Waals surface area contributed by atoms with Crippen molar-refractivity contribution < 1.29 is 8.78 Å². The van der Waals surface area contributed by atoms with Crippen LogP contribution < -0.4 is 0 Å². The minimum atomic E-state index is -1.19. The average molecular weight is 301 g/mol. The number of rotatable bonds is 4. The molecule has 0 amide bonds. The highest BCUT2D eigenvalue weighted by molar-refractivity contribution is 7.78. The monoisotopic (exact) mass is 301 g/mol. The number of aliphatic imine (C=N–C) groups is 1. The Bertz CT molecular complexity index is 336. The van der Waals surface area contributed by atoms with Gasteiger partial charge in [0, 0.05) is 0 Å². The average Bonchev–Trinajstić information content (AvgIpc) is 2.44. The zero-order valence-corrected chi connectivity index (χ0v) is 13.0. The second-order valence-corrected chi connectivity index (χ2v) is 6.73. The van der Waals surface area contributed by atoms with Gasteiger partial charge in [-0.15, -0.1) is 0 Å². The van der Waals surface area contributed by atoms with Gasteiger partial charge in [-0.2, -0.15) is 0 Å². The molecule has 114 valence electrons. The van der Waals surface area contributed by atoms with Gasteiger partial charge < -0.3 is 0 Å². The lowest BCUT2D eigenvalue weighted by Crippen LogP contribution is -2.41. The Kier molecular flexibility index (Phi) is 6.10. The minimum absolute atomic E-state index is 0.194. The van der Waals surface area contributed by atoms with Gasteiger partial charge in [-0.25, -0.2) is 13.8 Å². The molecule has 1 nitrogen and oxygen atoms in total. The third kappa shape index (κ3) is 3.85. The summed E-state index contributed by atoms with van der Waals surface area (Å²) in [5.74, 6) is 1.55. The summed E-state index contributed by atoms with van der Waals surface area (Å²) in [6.45, 7) is 2.23. The lowest BCUT2D eigenvalue weighted by Gasteiger charge is -2.39. The molecule has 0 saturated heterocycles. The zero-order valence-electron chi connectivity index (χ0n) is 12.2. The van der Waals surface area contributed by atoms with Crippen molar-refractivity contribution in [1.82, 2.24) is 0 Å². The number of nitrogens with zero attached hydrogens (tertiary/aromatic N) is 1. The van der Waals surface area contributed by atoms with Crippen LogP contribution in [0.3, 0.4) is 0 Å². The van der Waals surface area contributed by atoms with E-state index in [1.807, 2.05) is 0 Å². The van der Waals surface area contributed by atoms with Crippen LogP contribution in [0.2, 0.25) is 0 Å². The van der Waals surface area contributed by atoms with Crippen LogP contribution in [0.1, 0.15) is 58.3 Å². The highest BCUT2D eigenvalue weighted by atomic mass is 32.1. The third-order valence-corrected chi connectivity index (χ3v) is 5.36. The van der Waals surface area contributed by atoms with Gasteiger partial charge in [0.15, 0.2) is 0 Å². The fraction of sp³-hybridized carbons (Fsp3) is 0.938. The lowest BCUT2D eigenvalue weighted by molar-refractivity contribution is 0.0503. The van der Waals surface area contributed by atoms with Crippen LogP contribution in [-0.4, -0.2) is 23.5 Å². The van der Waals surface area contributed by atoms with Gasteiger partial charge in [0.25, 0.3) is 0 Å². The number of alkyl halides is 2. The van der Waals surface area contributed by atoms with Gasteiger partial charge in [-0.1, -0.05) is 32.6 Å². The highest BCUT2D eigenvalue weighted by Gasteiger charge is 2.41. The van der Waals surface area contributed by atoms with Crippen LogP contribution in [0.15, 0.2) is 4.99 Å². The summed E-state index contributed by atoms with van der Waals surface area (Å²) in [5.41, 5.74) is 0. The van der Waals surface area contributed by atoms with Crippen molar-refractivity contribution in [2.45, 2.75) is 76.7 Å². The molecular formula is C16H25F2NS. The fourth-order valence-corrected chi connectivity index (χ4v) is 4.27. The van der Waals surface area contributed by atoms with E-state index < -0.39 is 18.4 Å². The number of thiocarbonyl (C=S) groups is 1. The van der Waals surface area contributed by atoms with Gasteiger partial charge in [0.1, 0.15) is 18.4 Å². The molecule has 0 aliphatic heterocycles. The largest absolute Gasteiger partial charge is 0.245 e. The Hall–Kier alpha value is -0.340. The Balaban J connectivity index is 1.87. The van der Waals surface area contributed by atoms with Gasteiger partial charge in [-0.3, -0.25) is 0 Å². The van der Waals surface area contributed by atoms with E-state index in [0.29, 0.717) is 18.8 Å². The van der Waals surface area contributed by atoms with Crippen molar-refractivity contribution in [2.24, 2.45) is 22.7 Å². The predicted octanol–water partition coefficient (Wildman–Crippen LogP) is 5.15. The van der Waals surface area contributed by atoms with Gasteiger partial charge in [0.05, 0.1) is 5.16 Å². The predicted molar refractivity (Wildman–Crippen MR) is 81.7 cm³/mol. The summed E-state index contributed by atoms with van der Waals surface area (Å²) in [4.78, 5) is 3.68. The quantitative estimate of drug-likeness (QED) is 0.516. The van der Waals surface area contributed by atoms with Crippen molar-refractivity contribution in [3.63, 3.8) is 0 Å². The molecule has 0 aromatic heterocycles. The van der Waals surface area contributed by atoms with Crippen molar-refractivity contribution in [3.05, 3.63) is 0 Å². The van der Waals surface area contributed by atoms with Crippen LogP contribution in [0.5, 0.6) is 0 Å². The van der Waals surface area contributed by atoms with Crippen LogP contribution in [0.25, 0.3) is 0 Å². The summed E-state index contributed by atoms with van der Waals surface area (Å²) in [6, 6.07) is -0.903. The number of halogens is 2. The Labute approximate surface area is 126 Å². The second kappa shape index (κ2) is 7.61. The Morgan fingerprint density at radius 3 is 2.15 bits per heavy atom. The van der Waals surface area contributed by atoms with E-state index in [9.17, 15) is 8.78 Å². The Morgan fingerprint density at radius 1 is 1.05 bits per heavy atom. The molecule has 0 aromatic rings. The lowest BCUT2D eigenvalue weighted by atomic mass is 9.69. The SMILES string of the molecule is CCCC1CCC(C2CC(F)C(N=C=S)C(F)C2)CC1. The summed E-state index contributed by atoms with van der Waals surface area (Å²) in [7, 11) is 0. The van der Waals surface area contributed by atoms with E-state index in [-0.39, 0.29) is 5.92 Å². The number of hydrogen-bond acceptors (Lipinski definition) is 2. The summed E-state index contributed by atoms with van der Waals surface area (Å²) in [5, 5.41) is 2.14. The third-order valence-electron chi connectivity index (χ3n) is 5.25. The molecule has 2 aliphatic carbocycles. The summed E-state index contributed by atoms with van der Waals surface area (Å²) < 4.78 is 28.1. The minimum Gasteiger partial charge on any atom is -0.245 e. The zero-order chi connectivity index (χ0) is 14.5.